The molecule has 0 bridgehead atoms. The number of aliphatic carboxylic acids is 1. The van der Waals surface area contributed by atoms with Gasteiger partial charge in [0.15, 0.2) is 0 Å². The zero-order valence-electron chi connectivity index (χ0n) is 11.3. The Kier molecular flexibility index (Phi) is 5.77. The first-order valence-electron chi connectivity index (χ1n) is 6.25. The fourth-order valence-corrected chi connectivity index (χ4v) is 1.63. The van der Waals surface area contributed by atoms with Gasteiger partial charge in [-0.15, -0.1) is 0 Å². The van der Waals surface area contributed by atoms with Crippen molar-refractivity contribution in [3.8, 4) is 0 Å². The van der Waals surface area contributed by atoms with Crippen LogP contribution in [0.4, 0.5) is 10.1 Å². The Morgan fingerprint density at radius 2 is 2.14 bits per heavy atom. The third kappa shape index (κ3) is 5.17. The molecule has 21 heavy (non-hydrogen) atoms. The summed E-state index contributed by atoms with van der Waals surface area (Å²) in [4.78, 5) is 32.1. The lowest BCUT2D eigenvalue weighted by molar-refractivity contribution is -0.384. The van der Waals surface area contributed by atoms with Crippen LogP contribution in [0, 0.1) is 21.8 Å². The summed E-state index contributed by atoms with van der Waals surface area (Å²) in [6.45, 7) is 1.90. The molecular formula is C13H15FN2O5. The number of nitro benzene ring substituents is 1. The van der Waals surface area contributed by atoms with Crippen molar-refractivity contribution in [2.75, 3.05) is 6.54 Å². The van der Waals surface area contributed by atoms with Crippen LogP contribution in [0.1, 0.15) is 30.1 Å². The molecule has 1 aromatic rings. The van der Waals surface area contributed by atoms with Crippen LogP contribution in [0.3, 0.4) is 0 Å². The van der Waals surface area contributed by atoms with Gasteiger partial charge in [0.25, 0.3) is 11.6 Å². The number of benzene rings is 1. The van der Waals surface area contributed by atoms with E-state index in [-0.39, 0.29) is 24.6 Å². The van der Waals surface area contributed by atoms with Crippen molar-refractivity contribution in [2.45, 2.75) is 19.8 Å². The summed E-state index contributed by atoms with van der Waals surface area (Å²) in [5.74, 6) is -2.65. The van der Waals surface area contributed by atoms with Crippen molar-refractivity contribution in [3.05, 3.63) is 39.7 Å². The molecule has 8 heteroatoms. The fourth-order valence-electron chi connectivity index (χ4n) is 1.63. The lowest BCUT2D eigenvalue weighted by Gasteiger charge is -2.11. The maximum Gasteiger partial charge on any atom is 0.303 e. The second kappa shape index (κ2) is 7.32. The van der Waals surface area contributed by atoms with Crippen LogP contribution in [-0.4, -0.2) is 28.5 Å². The van der Waals surface area contributed by atoms with Crippen LogP contribution in [0.15, 0.2) is 18.2 Å². The molecule has 2 N–H and O–H groups in total. The Labute approximate surface area is 119 Å². The molecular weight excluding hydrogens is 283 g/mol. The minimum absolute atomic E-state index is 0.0256. The molecule has 0 heterocycles. The maximum absolute atomic E-state index is 13.5. The van der Waals surface area contributed by atoms with E-state index in [0.717, 1.165) is 18.2 Å². The number of hydrogen-bond acceptors (Lipinski definition) is 4. The van der Waals surface area contributed by atoms with Gasteiger partial charge in [0, 0.05) is 25.1 Å². The van der Waals surface area contributed by atoms with Gasteiger partial charge in [0.05, 0.1) is 10.5 Å². The summed E-state index contributed by atoms with van der Waals surface area (Å²) in [5.41, 5.74) is -0.782. The summed E-state index contributed by atoms with van der Waals surface area (Å²) in [6.07, 6.45) is 0.342. The number of carboxylic acids is 1. The number of halogens is 1. The molecule has 0 spiro atoms. The van der Waals surface area contributed by atoms with Crippen molar-refractivity contribution in [1.29, 1.82) is 0 Å². The van der Waals surface area contributed by atoms with Gasteiger partial charge in [0.2, 0.25) is 0 Å². The SMILES string of the molecule is CC(CCC(=O)O)CNC(=O)c1cc([N+](=O)[O-])ccc1F. The van der Waals surface area contributed by atoms with E-state index in [0.29, 0.717) is 6.42 Å². The van der Waals surface area contributed by atoms with Gasteiger partial charge in [-0.2, -0.15) is 0 Å². The van der Waals surface area contributed by atoms with Gasteiger partial charge < -0.3 is 10.4 Å². The molecule has 1 rings (SSSR count). The molecule has 1 aromatic carbocycles. The van der Waals surface area contributed by atoms with Crippen LogP contribution in [0.25, 0.3) is 0 Å². The van der Waals surface area contributed by atoms with E-state index >= 15 is 0 Å². The highest BCUT2D eigenvalue weighted by Gasteiger charge is 2.17. The molecule has 1 unspecified atom stereocenters. The standard InChI is InChI=1S/C13H15FN2O5/c1-8(2-5-12(17)18)7-15-13(19)10-6-9(16(20)21)3-4-11(10)14/h3-4,6,8H,2,5,7H2,1H3,(H,15,19)(H,17,18). The Bertz CT molecular complexity index is 561. The van der Waals surface area contributed by atoms with Crippen molar-refractivity contribution >= 4 is 17.6 Å². The highest BCUT2D eigenvalue weighted by molar-refractivity contribution is 5.95. The lowest BCUT2D eigenvalue weighted by atomic mass is 10.1. The number of carbonyl (C=O) groups excluding carboxylic acids is 1. The highest BCUT2D eigenvalue weighted by atomic mass is 19.1. The Morgan fingerprint density at radius 1 is 1.48 bits per heavy atom. The van der Waals surface area contributed by atoms with E-state index in [2.05, 4.69) is 5.32 Å². The zero-order valence-corrected chi connectivity index (χ0v) is 11.3. The van der Waals surface area contributed by atoms with Gasteiger partial charge in [-0.1, -0.05) is 6.92 Å². The number of carboxylic acid groups (broad SMARTS) is 1. The summed E-state index contributed by atoms with van der Waals surface area (Å²) in [7, 11) is 0. The first-order valence-corrected chi connectivity index (χ1v) is 6.25. The van der Waals surface area contributed by atoms with Gasteiger partial charge in [-0.05, 0) is 18.4 Å². The number of nitro groups is 1. The van der Waals surface area contributed by atoms with E-state index < -0.39 is 28.2 Å². The lowest BCUT2D eigenvalue weighted by Crippen LogP contribution is -2.29. The molecule has 0 aliphatic rings. The number of rotatable bonds is 7. The second-order valence-electron chi connectivity index (χ2n) is 4.67. The zero-order chi connectivity index (χ0) is 16.0. The normalized spacial score (nSPS) is 11.7. The predicted octanol–water partition coefficient (Wildman–Crippen LogP) is 1.96. The smallest absolute Gasteiger partial charge is 0.303 e. The number of nitrogens with one attached hydrogen (secondary N) is 1. The van der Waals surface area contributed by atoms with Crippen LogP contribution in [0.5, 0.6) is 0 Å². The third-order valence-corrected chi connectivity index (χ3v) is 2.87. The van der Waals surface area contributed by atoms with Gasteiger partial charge >= 0.3 is 5.97 Å². The van der Waals surface area contributed by atoms with Crippen LogP contribution in [-0.2, 0) is 4.79 Å². The molecule has 1 amide bonds. The van der Waals surface area contributed by atoms with Gasteiger partial charge in [-0.3, -0.25) is 19.7 Å². The minimum Gasteiger partial charge on any atom is -0.481 e. The molecule has 0 aliphatic carbocycles. The molecule has 7 nitrogen and oxygen atoms in total. The average Bonchev–Trinajstić information content (AvgIpc) is 2.42. The first kappa shape index (κ1) is 16.5. The first-order chi connectivity index (χ1) is 9.81. The summed E-state index contributed by atoms with van der Waals surface area (Å²) in [5, 5.41) is 21.6. The van der Waals surface area contributed by atoms with Crippen molar-refractivity contribution < 1.29 is 24.0 Å². The van der Waals surface area contributed by atoms with Crippen LogP contribution < -0.4 is 5.32 Å². The van der Waals surface area contributed by atoms with Crippen LogP contribution in [0.2, 0.25) is 0 Å². The molecule has 114 valence electrons. The summed E-state index contributed by atoms with van der Waals surface area (Å²) in [6, 6.07) is 2.70. The van der Waals surface area contributed by atoms with E-state index in [1.54, 1.807) is 6.92 Å². The summed E-state index contributed by atoms with van der Waals surface area (Å²) >= 11 is 0. The molecule has 0 aliphatic heterocycles. The van der Waals surface area contributed by atoms with Gasteiger partial charge in [0.1, 0.15) is 5.82 Å². The van der Waals surface area contributed by atoms with Gasteiger partial charge in [-0.25, -0.2) is 4.39 Å². The molecule has 0 radical (unpaired) electrons. The number of carbonyl (C=O) groups is 2. The predicted molar refractivity (Wildman–Crippen MR) is 71.4 cm³/mol. The van der Waals surface area contributed by atoms with E-state index in [1.807, 2.05) is 0 Å². The fraction of sp³-hybridized carbons (Fsp3) is 0.385. The quantitative estimate of drug-likeness (QED) is 0.590. The van der Waals surface area contributed by atoms with Crippen molar-refractivity contribution in [1.82, 2.24) is 5.32 Å². The van der Waals surface area contributed by atoms with Crippen LogP contribution >= 0.6 is 0 Å². The summed E-state index contributed by atoms with van der Waals surface area (Å²) < 4.78 is 13.5. The van der Waals surface area contributed by atoms with E-state index in [1.165, 1.54) is 0 Å². The van der Waals surface area contributed by atoms with E-state index in [9.17, 15) is 24.1 Å². The van der Waals surface area contributed by atoms with Crippen molar-refractivity contribution in [2.24, 2.45) is 5.92 Å². The third-order valence-electron chi connectivity index (χ3n) is 2.87. The minimum atomic E-state index is -0.932. The maximum atomic E-state index is 13.5. The molecule has 0 saturated carbocycles. The molecule has 1 atom stereocenters. The van der Waals surface area contributed by atoms with E-state index in [4.69, 9.17) is 5.11 Å². The van der Waals surface area contributed by atoms with Crippen molar-refractivity contribution in [3.63, 3.8) is 0 Å². The topological polar surface area (TPSA) is 110 Å². The number of hydrogen-bond donors (Lipinski definition) is 2. The Balaban J connectivity index is 2.65. The number of non-ortho nitro benzene ring substituents is 1. The largest absolute Gasteiger partial charge is 0.481 e. The Hall–Kier alpha value is -2.51. The number of nitrogens with zero attached hydrogens (tertiary/aromatic N) is 1. The molecule has 0 saturated heterocycles. The number of amides is 1. The average molecular weight is 298 g/mol. The molecule has 0 aromatic heterocycles. The Morgan fingerprint density at radius 3 is 2.71 bits per heavy atom. The molecule has 0 fully saturated rings. The second-order valence-corrected chi connectivity index (χ2v) is 4.67. The monoisotopic (exact) mass is 298 g/mol. The highest BCUT2D eigenvalue weighted by Crippen LogP contribution is 2.17.